The molecule has 0 spiro atoms. The number of carbonyl (C=O) groups is 1. The van der Waals surface area contributed by atoms with Gasteiger partial charge in [0.1, 0.15) is 5.41 Å². The number of rotatable bonds is 3. The number of hydrogen-bond acceptors (Lipinski definition) is 4. The Kier molecular flexibility index (Phi) is 3.47. The van der Waals surface area contributed by atoms with Crippen molar-refractivity contribution in [3.05, 3.63) is 0 Å². The Morgan fingerprint density at radius 3 is 2.56 bits per heavy atom. The second-order valence-corrected chi connectivity index (χ2v) is 5.58. The molecule has 6 nitrogen and oxygen atoms in total. The minimum Gasteiger partial charge on any atom is -0.409 e. The Balaban J connectivity index is 2.08. The van der Waals surface area contributed by atoms with Crippen molar-refractivity contribution in [3.8, 4) is 0 Å². The topological polar surface area (TPSA) is 82.2 Å². The average molecular weight is 254 g/mol. The number of carbonyl (C=O) groups excluding carboxylic acids is 1. The number of amidine groups is 1. The molecule has 0 bridgehead atoms. The summed E-state index contributed by atoms with van der Waals surface area (Å²) < 4.78 is 0. The molecule has 0 aromatic carbocycles. The third-order valence-corrected chi connectivity index (χ3v) is 4.40. The molecule has 1 aliphatic carbocycles. The summed E-state index contributed by atoms with van der Waals surface area (Å²) in [4.78, 5) is 16.6. The number of likely N-dealkylation sites (tertiary alicyclic amines) is 1. The van der Waals surface area contributed by atoms with Gasteiger partial charge in [0.2, 0.25) is 5.91 Å². The van der Waals surface area contributed by atoms with Crippen LogP contribution in [0.5, 0.6) is 0 Å². The van der Waals surface area contributed by atoms with Gasteiger partial charge >= 0.3 is 0 Å². The molecule has 0 aromatic heterocycles. The monoisotopic (exact) mass is 254 g/mol. The Bertz CT molecular complexity index is 363. The fourth-order valence-electron chi connectivity index (χ4n) is 2.86. The smallest absolute Gasteiger partial charge is 0.236 e. The first-order chi connectivity index (χ1) is 8.51. The summed E-state index contributed by atoms with van der Waals surface area (Å²) in [6, 6.07) is 0.415. The molecule has 1 aliphatic heterocycles. The van der Waals surface area contributed by atoms with E-state index in [-0.39, 0.29) is 11.7 Å². The molecule has 2 fully saturated rings. The van der Waals surface area contributed by atoms with Crippen molar-refractivity contribution in [2.24, 2.45) is 16.3 Å². The van der Waals surface area contributed by atoms with Gasteiger partial charge < -0.3 is 20.7 Å². The van der Waals surface area contributed by atoms with E-state index >= 15 is 0 Å². The van der Waals surface area contributed by atoms with Crippen LogP contribution in [0.2, 0.25) is 0 Å². The van der Waals surface area contributed by atoms with Crippen molar-refractivity contribution < 1.29 is 10.0 Å². The summed E-state index contributed by atoms with van der Waals surface area (Å²) in [5.74, 6) is 0.112. The first-order valence-electron chi connectivity index (χ1n) is 6.45. The van der Waals surface area contributed by atoms with Gasteiger partial charge in [-0.3, -0.25) is 4.79 Å². The van der Waals surface area contributed by atoms with Crippen LogP contribution in [-0.4, -0.2) is 60.0 Å². The van der Waals surface area contributed by atoms with Gasteiger partial charge in [-0.25, -0.2) is 0 Å². The molecule has 3 N–H and O–H groups in total. The lowest BCUT2D eigenvalue weighted by molar-refractivity contribution is -0.141. The zero-order valence-corrected chi connectivity index (χ0v) is 11.1. The molecule has 1 atom stereocenters. The highest BCUT2D eigenvalue weighted by Gasteiger charge is 2.51. The van der Waals surface area contributed by atoms with Crippen molar-refractivity contribution in [2.45, 2.75) is 31.7 Å². The molecule has 1 heterocycles. The van der Waals surface area contributed by atoms with Crippen LogP contribution in [0.3, 0.4) is 0 Å². The summed E-state index contributed by atoms with van der Waals surface area (Å²) in [7, 11) is 4.06. The molecule has 102 valence electrons. The minimum absolute atomic E-state index is 0.0356. The Morgan fingerprint density at radius 2 is 2.17 bits per heavy atom. The molecule has 0 radical (unpaired) electrons. The van der Waals surface area contributed by atoms with Crippen molar-refractivity contribution in [1.29, 1.82) is 0 Å². The zero-order valence-electron chi connectivity index (χ0n) is 11.1. The van der Waals surface area contributed by atoms with E-state index in [1.54, 1.807) is 0 Å². The predicted molar refractivity (Wildman–Crippen MR) is 68.4 cm³/mol. The molecule has 6 heteroatoms. The molecule has 1 saturated heterocycles. The van der Waals surface area contributed by atoms with Crippen LogP contribution in [0.15, 0.2) is 5.16 Å². The molecule has 1 amide bonds. The number of likely N-dealkylation sites (N-methyl/N-ethyl adjacent to an activating group) is 1. The largest absolute Gasteiger partial charge is 0.409 e. The van der Waals surface area contributed by atoms with Gasteiger partial charge in [0.15, 0.2) is 5.84 Å². The average Bonchev–Trinajstić information content (AvgIpc) is 2.76. The quantitative estimate of drug-likeness (QED) is 0.323. The summed E-state index contributed by atoms with van der Waals surface area (Å²) in [5.41, 5.74) is 4.99. The van der Waals surface area contributed by atoms with E-state index in [0.717, 1.165) is 25.9 Å². The van der Waals surface area contributed by atoms with Crippen molar-refractivity contribution in [3.63, 3.8) is 0 Å². The number of nitrogens with zero attached hydrogens (tertiary/aromatic N) is 3. The first-order valence-corrected chi connectivity index (χ1v) is 6.45. The Labute approximate surface area is 107 Å². The van der Waals surface area contributed by atoms with E-state index in [2.05, 4.69) is 10.1 Å². The number of hydrogen-bond donors (Lipinski definition) is 2. The second-order valence-electron chi connectivity index (χ2n) is 5.58. The van der Waals surface area contributed by atoms with Crippen LogP contribution >= 0.6 is 0 Å². The van der Waals surface area contributed by atoms with Crippen LogP contribution in [0, 0.1) is 5.41 Å². The van der Waals surface area contributed by atoms with Crippen molar-refractivity contribution in [1.82, 2.24) is 9.80 Å². The van der Waals surface area contributed by atoms with Crippen LogP contribution < -0.4 is 5.73 Å². The standard InChI is InChI=1S/C12H22N4O2/c1-15(2)9-4-7-16(8-9)11(17)12(5-3-6-12)10(13)14-18/h9,18H,3-8H2,1-2H3,(H2,13,14). The maximum Gasteiger partial charge on any atom is 0.236 e. The lowest BCUT2D eigenvalue weighted by atomic mass is 9.67. The fourth-order valence-corrected chi connectivity index (χ4v) is 2.86. The molecule has 18 heavy (non-hydrogen) atoms. The SMILES string of the molecule is CN(C)C1CCN(C(=O)C2(C(N)=NO)CCC2)C1. The van der Waals surface area contributed by atoms with Gasteiger partial charge in [-0.1, -0.05) is 11.6 Å². The summed E-state index contributed by atoms with van der Waals surface area (Å²) in [5, 5.41) is 11.9. The van der Waals surface area contributed by atoms with E-state index in [1.165, 1.54) is 0 Å². The molecule has 2 aliphatic rings. The third kappa shape index (κ3) is 1.94. The summed E-state index contributed by atoms with van der Waals surface area (Å²) in [6.07, 6.45) is 3.35. The van der Waals surface area contributed by atoms with Crippen LogP contribution in [0.4, 0.5) is 0 Å². The molecular weight excluding hydrogens is 232 g/mol. The highest BCUT2D eigenvalue weighted by atomic mass is 16.4. The van der Waals surface area contributed by atoms with E-state index in [1.807, 2.05) is 19.0 Å². The maximum atomic E-state index is 12.6. The number of oxime groups is 1. The lowest BCUT2D eigenvalue weighted by Crippen LogP contribution is -2.55. The number of amides is 1. The van der Waals surface area contributed by atoms with Crippen LogP contribution in [0.1, 0.15) is 25.7 Å². The van der Waals surface area contributed by atoms with Gasteiger partial charge in [0.05, 0.1) is 0 Å². The third-order valence-electron chi connectivity index (χ3n) is 4.40. The van der Waals surface area contributed by atoms with Crippen molar-refractivity contribution >= 4 is 11.7 Å². The van der Waals surface area contributed by atoms with E-state index in [4.69, 9.17) is 10.9 Å². The van der Waals surface area contributed by atoms with Gasteiger partial charge in [0.25, 0.3) is 0 Å². The van der Waals surface area contributed by atoms with Crippen molar-refractivity contribution in [2.75, 3.05) is 27.2 Å². The number of nitrogens with two attached hydrogens (primary N) is 1. The molecule has 1 unspecified atom stereocenters. The highest BCUT2D eigenvalue weighted by Crippen LogP contribution is 2.43. The molecule has 0 aromatic rings. The van der Waals surface area contributed by atoms with Gasteiger partial charge in [0, 0.05) is 19.1 Å². The van der Waals surface area contributed by atoms with E-state index < -0.39 is 5.41 Å². The summed E-state index contributed by atoms with van der Waals surface area (Å²) in [6.45, 7) is 1.51. The van der Waals surface area contributed by atoms with Crippen LogP contribution in [0.25, 0.3) is 0 Å². The second kappa shape index (κ2) is 4.76. The first kappa shape index (κ1) is 13.1. The Morgan fingerprint density at radius 1 is 1.50 bits per heavy atom. The van der Waals surface area contributed by atoms with Gasteiger partial charge in [-0.05, 0) is 33.4 Å². The molecule has 1 saturated carbocycles. The van der Waals surface area contributed by atoms with Gasteiger partial charge in [-0.15, -0.1) is 0 Å². The molecular formula is C12H22N4O2. The minimum atomic E-state index is -0.726. The highest BCUT2D eigenvalue weighted by molar-refractivity contribution is 6.07. The van der Waals surface area contributed by atoms with Gasteiger partial charge in [-0.2, -0.15) is 0 Å². The fraction of sp³-hybridized carbons (Fsp3) is 0.833. The molecule has 2 rings (SSSR count). The zero-order chi connectivity index (χ0) is 13.3. The normalized spacial score (nSPS) is 27.4. The Hall–Kier alpha value is -1.30. The summed E-state index contributed by atoms with van der Waals surface area (Å²) >= 11 is 0. The lowest BCUT2D eigenvalue weighted by Gasteiger charge is -2.41. The predicted octanol–water partition coefficient (Wildman–Crippen LogP) is 0.0656. The van der Waals surface area contributed by atoms with Crippen LogP contribution in [-0.2, 0) is 4.79 Å². The van der Waals surface area contributed by atoms with E-state index in [0.29, 0.717) is 18.9 Å². The maximum absolute atomic E-state index is 12.6. The van der Waals surface area contributed by atoms with E-state index in [9.17, 15) is 4.79 Å².